The first-order valence-electron chi connectivity index (χ1n) is 7.44. The van der Waals surface area contributed by atoms with E-state index >= 15 is 0 Å². The van der Waals surface area contributed by atoms with Crippen LogP contribution in [0.15, 0.2) is 30.3 Å². The van der Waals surface area contributed by atoms with Crippen molar-refractivity contribution >= 4 is 24.2 Å². The molecule has 1 aliphatic heterocycles. The third-order valence-electron chi connectivity index (χ3n) is 3.83. The summed E-state index contributed by atoms with van der Waals surface area (Å²) in [6, 6.07) is 9.90. The molecule has 0 saturated carbocycles. The van der Waals surface area contributed by atoms with E-state index in [4.69, 9.17) is 0 Å². The summed E-state index contributed by atoms with van der Waals surface area (Å²) in [7, 11) is 1.92. The van der Waals surface area contributed by atoms with E-state index in [-0.39, 0.29) is 30.8 Å². The number of likely N-dealkylation sites (tertiary alicyclic amines) is 1. The molecule has 0 spiro atoms. The van der Waals surface area contributed by atoms with Crippen LogP contribution in [0, 0.1) is 0 Å². The van der Waals surface area contributed by atoms with E-state index in [0.29, 0.717) is 12.5 Å². The van der Waals surface area contributed by atoms with Gasteiger partial charge in [-0.25, -0.2) is 0 Å². The maximum atomic E-state index is 12.1. The molecule has 1 aliphatic rings. The Morgan fingerprint density at radius 2 is 2.00 bits per heavy atom. The molecule has 1 saturated heterocycles. The molecule has 0 aromatic heterocycles. The molecule has 0 bridgehead atoms. The lowest BCUT2D eigenvalue weighted by Crippen LogP contribution is -2.49. The van der Waals surface area contributed by atoms with Gasteiger partial charge in [0, 0.05) is 19.1 Å². The minimum Gasteiger partial charge on any atom is -0.347 e. The van der Waals surface area contributed by atoms with Crippen molar-refractivity contribution in [3.05, 3.63) is 35.9 Å². The number of nitrogens with zero attached hydrogens (tertiary/aromatic N) is 1. The van der Waals surface area contributed by atoms with Gasteiger partial charge in [0.05, 0.1) is 13.0 Å². The highest BCUT2D eigenvalue weighted by Crippen LogP contribution is 2.09. The number of rotatable bonds is 5. The predicted octanol–water partition coefficient (Wildman–Crippen LogP) is 0.978. The van der Waals surface area contributed by atoms with Crippen molar-refractivity contribution < 1.29 is 9.59 Å². The quantitative estimate of drug-likeness (QED) is 0.848. The summed E-state index contributed by atoms with van der Waals surface area (Å²) in [5.41, 5.74) is 0.954. The zero-order chi connectivity index (χ0) is 15.1. The van der Waals surface area contributed by atoms with Crippen LogP contribution in [-0.2, 0) is 16.0 Å². The lowest BCUT2D eigenvalue weighted by Gasteiger charge is -2.32. The number of carbonyl (C=O) groups excluding carboxylic acids is 2. The van der Waals surface area contributed by atoms with Crippen molar-refractivity contribution in [2.45, 2.75) is 25.3 Å². The molecule has 1 aromatic carbocycles. The predicted molar refractivity (Wildman–Crippen MR) is 89.1 cm³/mol. The monoisotopic (exact) mass is 325 g/mol. The Morgan fingerprint density at radius 3 is 2.68 bits per heavy atom. The fourth-order valence-corrected chi connectivity index (χ4v) is 2.57. The van der Waals surface area contributed by atoms with E-state index in [0.717, 1.165) is 31.5 Å². The number of hydrogen-bond donors (Lipinski definition) is 2. The standard InChI is InChI=1S/C16H23N3O2.ClH/c1-17-14-8-5-9-19(12-14)16(21)11-18-15(20)10-13-6-3-2-4-7-13;/h2-4,6-7,14,17H,5,8-12H2,1H3,(H,18,20);1H. The number of hydrogen-bond acceptors (Lipinski definition) is 3. The van der Waals surface area contributed by atoms with E-state index in [2.05, 4.69) is 10.6 Å². The Balaban J connectivity index is 0.00000242. The fourth-order valence-electron chi connectivity index (χ4n) is 2.57. The van der Waals surface area contributed by atoms with Gasteiger partial charge < -0.3 is 15.5 Å². The molecule has 0 radical (unpaired) electrons. The maximum absolute atomic E-state index is 12.1. The van der Waals surface area contributed by atoms with Crippen LogP contribution >= 0.6 is 12.4 Å². The number of carbonyl (C=O) groups is 2. The van der Waals surface area contributed by atoms with E-state index in [1.165, 1.54) is 0 Å². The highest BCUT2D eigenvalue weighted by molar-refractivity contribution is 5.86. The molecule has 2 N–H and O–H groups in total. The summed E-state index contributed by atoms with van der Waals surface area (Å²) in [5, 5.41) is 5.92. The number of piperidine rings is 1. The minimum atomic E-state index is -0.114. The summed E-state index contributed by atoms with van der Waals surface area (Å²) in [5.74, 6) is -0.118. The summed E-state index contributed by atoms with van der Waals surface area (Å²) < 4.78 is 0. The molecule has 1 heterocycles. The smallest absolute Gasteiger partial charge is 0.242 e. The number of nitrogens with one attached hydrogen (secondary N) is 2. The van der Waals surface area contributed by atoms with Gasteiger partial charge >= 0.3 is 0 Å². The molecule has 22 heavy (non-hydrogen) atoms. The molecule has 2 rings (SSSR count). The van der Waals surface area contributed by atoms with E-state index in [1.807, 2.05) is 42.3 Å². The van der Waals surface area contributed by atoms with Crippen molar-refractivity contribution in [1.82, 2.24) is 15.5 Å². The van der Waals surface area contributed by atoms with Gasteiger partial charge in [-0.1, -0.05) is 30.3 Å². The highest BCUT2D eigenvalue weighted by Gasteiger charge is 2.22. The average molecular weight is 326 g/mol. The normalized spacial score (nSPS) is 17.5. The zero-order valence-electron chi connectivity index (χ0n) is 12.9. The Bertz CT molecular complexity index is 482. The summed E-state index contributed by atoms with van der Waals surface area (Å²) in [6.45, 7) is 1.59. The molecular weight excluding hydrogens is 302 g/mol. The first kappa shape index (κ1) is 18.5. The second-order valence-electron chi connectivity index (χ2n) is 5.41. The van der Waals surface area contributed by atoms with Crippen LogP contribution in [0.25, 0.3) is 0 Å². The van der Waals surface area contributed by atoms with Crippen LogP contribution in [0.4, 0.5) is 0 Å². The topological polar surface area (TPSA) is 61.4 Å². The first-order chi connectivity index (χ1) is 10.2. The lowest BCUT2D eigenvalue weighted by molar-refractivity contribution is -0.133. The van der Waals surface area contributed by atoms with Crippen molar-refractivity contribution in [2.75, 3.05) is 26.7 Å². The van der Waals surface area contributed by atoms with Gasteiger partial charge in [-0.15, -0.1) is 12.4 Å². The van der Waals surface area contributed by atoms with Gasteiger partial charge in [-0.05, 0) is 25.5 Å². The summed E-state index contributed by atoms with van der Waals surface area (Å²) in [6.07, 6.45) is 2.42. The lowest BCUT2D eigenvalue weighted by atomic mass is 10.1. The van der Waals surface area contributed by atoms with E-state index < -0.39 is 0 Å². The second kappa shape index (κ2) is 9.43. The second-order valence-corrected chi connectivity index (χ2v) is 5.41. The molecule has 0 aliphatic carbocycles. The molecule has 5 nitrogen and oxygen atoms in total. The van der Waals surface area contributed by atoms with Crippen molar-refractivity contribution in [3.63, 3.8) is 0 Å². The fraction of sp³-hybridized carbons (Fsp3) is 0.500. The number of halogens is 1. The van der Waals surface area contributed by atoms with Gasteiger partial charge in [-0.2, -0.15) is 0 Å². The van der Waals surface area contributed by atoms with Crippen LogP contribution in [-0.4, -0.2) is 49.4 Å². The average Bonchev–Trinajstić information content (AvgIpc) is 2.53. The first-order valence-corrected chi connectivity index (χ1v) is 7.44. The Labute approximate surface area is 137 Å². The van der Waals surface area contributed by atoms with Crippen LogP contribution in [0.5, 0.6) is 0 Å². The van der Waals surface area contributed by atoms with Gasteiger partial charge in [0.25, 0.3) is 0 Å². The van der Waals surface area contributed by atoms with Crippen molar-refractivity contribution in [1.29, 1.82) is 0 Å². The third kappa shape index (κ3) is 5.66. The van der Waals surface area contributed by atoms with E-state index in [9.17, 15) is 9.59 Å². The summed E-state index contributed by atoms with van der Waals surface area (Å²) >= 11 is 0. The number of likely N-dealkylation sites (N-methyl/N-ethyl adjacent to an activating group) is 1. The van der Waals surface area contributed by atoms with Gasteiger partial charge in [0.2, 0.25) is 11.8 Å². The number of benzene rings is 1. The largest absolute Gasteiger partial charge is 0.347 e. The SMILES string of the molecule is CNC1CCCN(C(=O)CNC(=O)Cc2ccccc2)C1.Cl. The third-order valence-corrected chi connectivity index (χ3v) is 3.83. The Kier molecular flexibility index (Phi) is 7.91. The van der Waals surface area contributed by atoms with Crippen LogP contribution < -0.4 is 10.6 Å². The molecule has 1 unspecified atom stereocenters. The van der Waals surface area contributed by atoms with Crippen molar-refractivity contribution in [2.24, 2.45) is 0 Å². The number of amides is 2. The van der Waals surface area contributed by atoms with Crippen LogP contribution in [0.2, 0.25) is 0 Å². The zero-order valence-corrected chi connectivity index (χ0v) is 13.7. The van der Waals surface area contributed by atoms with Crippen LogP contribution in [0.3, 0.4) is 0 Å². The van der Waals surface area contributed by atoms with Gasteiger partial charge in [-0.3, -0.25) is 9.59 Å². The summed E-state index contributed by atoms with van der Waals surface area (Å²) in [4.78, 5) is 25.8. The molecule has 2 amide bonds. The van der Waals surface area contributed by atoms with Gasteiger partial charge in [0.15, 0.2) is 0 Å². The van der Waals surface area contributed by atoms with Crippen LogP contribution in [0.1, 0.15) is 18.4 Å². The molecule has 122 valence electrons. The van der Waals surface area contributed by atoms with Crippen molar-refractivity contribution in [3.8, 4) is 0 Å². The molecule has 1 fully saturated rings. The Morgan fingerprint density at radius 1 is 1.27 bits per heavy atom. The Hall–Kier alpha value is -1.59. The molecule has 1 atom stereocenters. The minimum absolute atomic E-state index is 0. The molecule has 6 heteroatoms. The highest BCUT2D eigenvalue weighted by atomic mass is 35.5. The van der Waals surface area contributed by atoms with E-state index in [1.54, 1.807) is 0 Å². The maximum Gasteiger partial charge on any atom is 0.242 e. The molecule has 1 aromatic rings. The van der Waals surface area contributed by atoms with Gasteiger partial charge in [0.1, 0.15) is 0 Å². The molecular formula is C16H24ClN3O2.